The maximum absolute atomic E-state index is 10.3. The van der Waals surface area contributed by atoms with Crippen LogP contribution < -0.4 is 0 Å². The molecule has 0 spiro atoms. The van der Waals surface area contributed by atoms with Gasteiger partial charge in [0.1, 0.15) is 36.6 Å². The SMILES string of the molecule is CC(C)CCCCCCCCCCCCCCC(=O)O.OCC(O)CO.OCC(O)CO.OCC(O)CO.OCC(O)CO.OCC(O)CO.OCC(O)CO. The van der Waals surface area contributed by atoms with Crippen molar-refractivity contribution in [3.05, 3.63) is 0 Å². The van der Waals surface area contributed by atoms with Gasteiger partial charge in [0, 0.05) is 6.42 Å². The standard InChI is InChI=1S/C18H36O2.6C3H8O3/c1-17(2)15-13-11-9-7-5-3-4-6-8-10-12-14-16-18(19)20;6*4-1-3(6)2-5/h17H,3-16H2,1-2H3,(H,19,20);6*3-6H,1-2H2. The van der Waals surface area contributed by atoms with Crippen molar-refractivity contribution in [3.63, 3.8) is 0 Å². The number of aliphatic carboxylic acids is 1. The molecule has 0 saturated heterocycles. The van der Waals surface area contributed by atoms with Gasteiger partial charge in [-0.2, -0.15) is 0 Å². The lowest BCUT2D eigenvalue weighted by Gasteiger charge is -2.04. The first kappa shape index (κ1) is 69.4. The van der Waals surface area contributed by atoms with Gasteiger partial charge in [-0.3, -0.25) is 4.79 Å². The number of aliphatic hydroxyl groups excluding tert-OH is 18. The van der Waals surface area contributed by atoms with Gasteiger partial charge in [-0.25, -0.2) is 0 Å². The van der Waals surface area contributed by atoms with Gasteiger partial charge < -0.3 is 97.0 Å². The molecule has 0 unspecified atom stereocenters. The number of hydrogen-bond acceptors (Lipinski definition) is 19. The van der Waals surface area contributed by atoms with E-state index in [-0.39, 0.29) is 79.3 Å². The van der Waals surface area contributed by atoms with Crippen LogP contribution in [0.4, 0.5) is 0 Å². The summed E-state index contributed by atoms with van der Waals surface area (Å²) in [7, 11) is 0. The Bertz CT molecular complexity index is 552. The smallest absolute Gasteiger partial charge is 0.303 e. The van der Waals surface area contributed by atoms with Crippen molar-refractivity contribution >= 4 is 5.97 Å². The van der Waals surface area contributed by atoms with Crippen molar-refractivity contribution in [2.75, 3.05) is 79.3 Å². The van der Waals surface area contributed by atoms with Gasteiger partial charge in [-0.1, -0.05) is 90.9 Å². The molecule has 0 fully saturated rings. The summed E-state index contributed by atoms with van der Waals surface area (Å²) in [4.78, 5) is 10.3. The minimum atomic E-state index is -0.954. The number of carbonyl (C=O) groups is 1. The Morgan fingerprint density at radius 3 is 0.607 bits per heavy atom. The highest BCUT2D eigenvalue weighted by molar-refractivity contribution is 5.66. The summed E-state index contributed by atoms with van der Waals surface area (Å²) in [5.74, 6) is 0.212. The maximum Gasteiger partial charge on any atom is 0.303 e. The minimum Gasteiger partial charge on any atom is -0.481 e. The fourth-order valence-electron chi connectivity index (χ4n) is 2.94. The summed E-state index contributed by atoms with van der Waals surface area (Å²) in [5.41, 5.74) is 0. The number of carboxylic acids is 1. The summed E-state index contributed by atoms with van der Waals surface area (Å²) in [6.45, 7) is 0.239. The van der Waals surface area contributed by atoms with Gasteiger partial charge in [0.05, 0.1) is 79.3 Å². The van der Waals surface area contributed by atoms with Gasteiger partial charge in [-0.05, 0) is 12.3 Å². The predicted molar refractivity (Wildman–Crippen MR) is 208 cm³/mol. The van der Waals surface area contributed by atoms with Gasteiger partial charge in [-0.15, -0.1) is 0 Å². The maximum atomic E-state index is 10.3. The van der Waals surface area contributed by atoms with Crippen LogP contribution in [-0.4, -0.2) is 219 Å². The Hall–Kier alpha value is -1.25. The molecule has 0 rings (SSSR count). The van der Waals surface area contributed by atoms with Crippen LogP contribution in [0.25, 0.3) is 0 Å². The zero-order chi connectivity index (χ0) is 45.0. The third-order valence-electron chi connectivity index (χ3n) is 6.45. The fraction of sp³-hybridized carbons (Fsp3) is 0.972. The van der Waals surface area contributed by atoms with Crippen molar-refractivity contribution in [1.82, 2.24) is 0 Å². The molecule has 0 saturated carbocycles. The molecular weight excluding hydrogens is 752 g/mol. The average Bonchev–Trinajstić information content (AvgIpc) is 3.22. The predicted octanol–water partition coefficient (Wildman–Crippen LogP) is -3.82. The van der Waals surface area contributed by atoms with E-state index < -0.39 is 42.6 Å². The molecule has 0 aliphatic heterocycles. The molecule has 56 heavy (non-hydrogen) atoms. The van der Waals surface area contributed by atoms with Crippen molar-refractivity contribution in [3.8, 4) is 0 Å². The van der Waals surface area contributed by atoms with E-state index in [2.05, 4.69) is 13.8 Å². The molecule has 0 aliphatic rings. The second-order valence-electron chi connectivity index (χ2n) is 12.7. The molecule has 0 amide bonds. The highest BCUT2D eigenvalue weighted by Crippen LogP contribution is 2.14. The summed E-state index contributed by atoms with van der Waals surface area (Å²) < 4.78 is 0. The number of unbranched alkanes of at least 4 members (excludes halogenated alkanes) is 11. The Kier molecular flexibility index (Phi) is 78.0. The molecule has 0 aromatic heterocycles. The monoisotopic (exact) mass is 837 g/mol. The first-order valence-electron chi connectivity index (χ1n) is 19.1. The lowest BCUT2D eigenvalue weighted by atomic mass is 10.0. The van der Waals surface area contributed by atoms with E-state index in [4.69, 9.17) is 97.0 Å². The topological polar surface area (TPSA) is 401 Å². The van der Waals surface area contributed by atoms with E-state index in [9.17, 15) is 4.79 Å². The first-order valence-corrected chi connectivity index (χ1v) is 19.1. The summed E-state index contributed by atoms with van der Waals surface area (Å²) in [6, 6.07) is 0. The van der Waals surface area contributed by atoms with Crippen molar-refractivity contribution < 1.29 is 102 Å². The van der Waals surface area contributed by atoms with E-state index in [0.29, 0.717) is 6.42 Å². The summed E-state index contributed by atoms with van der Waals surface area (Å²) in [5, 5.41) is 153. The van der Waals surface area contributed by atoms with Crippen LogP contribution in [0, 0.1) is 5.92 Å². The van der Waals surface area contributed by atoms with E-state index >= 15 is 0 Å². The van der Waals surface area contributed by atoms with Crippen molar-refractivity contribution in [1.29, 1.82) is 0 Å². The van der Waals surface area contributed by atoms with Gasteiger partial charge in [0.25, 0.3) is 0 Å². The second-order valence-corrected chi connectivity index (χ2v) is 12.7. The Morgan fingerprint density at radius 1 is 0.321 bits per heavy atom. The summed E-state index contributed by atoms with van der Waals surface area (Å²) >= 11 is 0. The molecule has 20 heteroatoms. The molecule has 0 bridgehead atoms. The zero-order valence-electron chi connectivity index (χ0n) is 33.8. The fourth-order valence-corrected chi connectivity index (χ4v) is 2.94. The van der Waals surface area contributed by atoms with Crippen LogP contribution >= 0.6 is 0 Å². The first-order chi connectivity index (χ1) is 26.5. The van der Waals surface area contributed by atoms with Crippen LogP contribution in [-0.2, 0) is 4.79 Å². The third-order valence-corrected chi connectivity index (χ3v) is 6.45. The van der Waals surface area contributed by atoms with Crippen molar-refractivity contribution in [2.45, 2.75) is 140 Å². The van der Waals surface area contributed by atoms with Crippen LogP contribution in [0.2, 0.25) is 0 Å². The number of carboxylic acid groups (broad SMARTS) is 1. The highest BCUT2D eigenvalue weighted by atomic mass is 16.4. The van der Waals surface area contributed by atoms with Crippen LogP contribution in [0.15, 0.2) is 0 Å². The number of rotatable bonds is 27. The largest absolute Gasteiger partial charge is 0.481 e. The third kappa shape index (κ3) is 89.4. The van der Waals surface area contributed by atoms with E-state index in [1.165, 1.54) is 70.6 Å². The van der Waals surface area contributed by atoms with Gasteiger partial charge in [0.2, 0.25) is 0 Å². The molecule has 0 aromatic carbocycles. The van der Waals surface area contributed by atoms with Crippen LogP contribution in [0.3, 0.4) is 0 Å². The molecular formula is C36H84O20. The second kappa shape index (κ2) is 62.9. The lowest BCUT2D eigenvalue weighted by Crippen LogP contribution is -2.15. The molecule has 20 nitrogen and oxygen atoms in total. The van der Waals surface area contributed by atoms with Crippen LogP contribution in [0.5, 0.6) is 0 Å². The van der Waals surface area contributed by atoms with Gasteiger partial charge >= 0.3 is 5.97 Å². The number of hydrogen-bond donors (Lipinski definition) is 19. The molecule has 19 N–H and O–H groups in total. The minimum absolute atomic E-state index is 0.344. The van der Waals surface area contributed by atoms with Crippen molar-refractivity contribution in [2.24, 2.45) is 5.92 Å². The normalized spacial score (nSPS) is 10.4. The van der Waals surface area contributed by atoms with E-state index in [0.717, 1.165) is 18.8 Å². The average molecular weight is 837 g/mol. The molecule has 0 aromatic rings. The van der Waals surface area contributed by atoms with E-state index in [1.807, 2.05) is 0 Å². The Balaban J connectivity index is -0.000000111. The quantitative estimate of drug-likeness (QED) is 0.0353. The van der Waals surface area contributed by atoms with Gasteiger partial charge in [0.15, 0.2) is 0 Å². The number of aliphatic hydroxyl groups is 18. The zero-order valence-corrected chi connectivity index (χ0v) is 33.8. The Morgan fingerprint density at radius 2 is 0.482 bits per heavy atom. The molecule has 0 atom stereocenters. The van der Waals surface area contributed by atoms with Crippen LogP contribution in [0.1, 0.15) is 104 Å². The molecule has 348 valence electrons. The molecule has 0 radical (unpaired) electrons. The van der Waals surface area contributed by atoms with E-state index in [1.54, 1.807) is 0 Å². The lowest BCUT2D eigenvalue weighted by molar-refractivity contribution is -0.137. The summed E-state index contributed by atoms with van der Waals surface area (Å²) in [6.07, 6.45) is 11.6. The Labute approximate surface area is 333 Å². The highest BCUT2D eigenvalue weighted by Gasteiger charge is 1.99. The molecule has 0 aliphatic carbocycles. The molecule has 0 heterocycles.